The van der Waals surface area contributed by atoms with Crippen LogP contribution in [0.15, 0.2) is 4.79 Å². The second-order valence-electron chi connectivity index (χ2n) is 3.28. The number of aromatic nitrogens is 2. The molecule has 5 heteroatoms. The molecule has 13 heavy (non-hydrogen) atoms. The number of H-pyrrole nitrogens is 1. The zero-order chi connectivity index (χ0) is 10.2. The highest BCUT2D eigenvalue weighted by molar-refractivity contribution is 5.73. The third kappa shape index (κ3) is 1.49. The molecule has 0 fully saturated rings. The van der Waals surface area contributed by atoms with Crippen molar-refractivity contribution in [2.45, 2.75) is 26.7 Å². The second-order valence-corrected chi connectivity index (χ2v) is 3.28. The van der Waals surface area contributed by atoms with Crippen molar-refractivity contribution in [3.63, 3.8) is 0 Å². The first-order valence-electron chi connectivity index (χ1n) is 4.06. The summed E-state index contributed by atoms with van der Waals surface area (Å²) in [5.74, 6) is 0.0874. The Morgan fingerprint density at radius 1 is 1.54 bits per heavy atom. The first-order valence-corrected chi connectivity index (χ1v) is 4.06. The fourth-order valence-electron chi connectivity index (χ4n) is 1.39. The number of rotatable bonds is 1. The van der Waals surface area contributed by atoms with Crippen LogP contribution in [0.5, 0.6) is 0 Å². The van der Waals surface area contributed by atoms with E-state index in [1.165, 1.54) is 0 Å². The minimum Gasteiger partial charge on any atom is -0.350 e. The van der Waals surface area contributed by atoms with E-state index >= 15 is 0 Å². The van der Waals surface area contributed by atoms with E-state index < -0.39 is 6.03 Å². The van der Waals surface area contributed by atoms with Gasteiger partial charge < -0.3 is 5.73 Å². The lowest BCUT2D eigenvalue weighted by Gasteiger charge is -1.98. The number of hydrogen-bond acceptors (Lipinski definition) is 2. The number of aryl methyl sites for hydroxylation is 1. The van der Waals surface area contributed by atoms with Crippen LogP contribution in [0.25, 0.3) is 0 Å². The van der Waals surface area contributed by atoms with Crippen LogP contribution in [0.3, 0.4) is 0 Å². The maximum Gasteiger partial charge on any atom is 0.341 e. The highest BCUT2D eigenvalue weighted by atomic mass is 16.2. The summed E-state index contributed by atoms with van der Waals surface area (Å²) in [5.41, 5.74) is 5.95. The van der Waals surface area contributed by atoms with Crippen molar-refractivity contribution in [2.24, 2.45) is 5.73 Å². The monoisotopic (exact) mass is 183 g/mol. The van der Waals surface area contributed by atoms with Crippen molar-refractivity contribution in [1.29, 1.82) is 0 Å². The number of carbonyl (C=O) groups is 1. The van der Waals surface area contributed by atoms with Crippen molar-refractivity contribution in [3.8, 4) is 0 Å². The zero-order valence-corrected chi connectivity index (χ0v) is 7.92. The molecule has 1 heterocycles. The van der Waals surface area contributed by atoms with Gasteiger partial charge in [-0.2, -0.15) is 4.68 Å². The van der Waals surface area contributed by atoms with Gasteiger partial charge in [-0.25, -0.2) is 4.79 Å². The maximum absolute atomic E-state index is 11.5. The second kappa shape index (κ2) is 3.08. The molecular formula is C8H13N3O2. The smallest absolute Gasteiger partial charge is 0.341 e. The van der Waals surface area contributed by atoms with Crippen molar-refractivity contribution in [3.05, 3.63) is 21.6 Å². The summed E-state index contributed by atoms with van der Waals surface area (Å²) >= 11 is 0. The van der Waals surface area contributed by atoms with Crippen LogP contribution < -0.4 is 11.3 Å². The van der Waals surface area contributed by atoms with Gasteiger partial charge in [0.05, 0.1) is 0 Å². The van der Waals surface area contributed by atoms with E-state index in [9.17, 15) is 9.59 Å². The summed E-state index contributed by atoms with van der Waals surface area (Å²) in [5, 5.41) is 2.62. The molecule has 1 aromatic heterocycles. The number of nitrogens with one attached hydrogen (secondary N) is 1. The number of primary amides is 1. The summed E-state index contributed by atoms with van der Waals surface area (Å²) in [6, 6.07) is -0.778. The molecule has 3 N–H and O–H groups in total. The van der Waals surface area contributed by atoms with Crippen molar-refractivity contribution in [2.75, 3.05) is 0 Å². The first-order chi connectivity index (χ1) is 5.95. The van der Waals surface area contributed by atoms with Gasteiger partial charge in [0, 0.05) is 11.3 Å². The fraction of sp³-hybridized carbons (Fsp3) is 0.500. The molecular weight excluding hydrogens is 170 g/mol. The minimum absolute atomic E-state index is 0.0874. The topological polar surface area (TPSA) is 80.9 Å². The molecule has 0 aliphatic rings. The van der Waals surface area contributed by atoms with Crippen LogP contribution in [-0.2, 0) is 0 Å². The average molecular weight is 183 g/mol. The number of carbonyl (C=O) groups excluding carboxylic acids is 1. The summed E-state index contributed by atoms with van der Waals surface area (Å²) in [6.45, 7) is 5.53. The number of nitrogens with zero attached hydrogens (tertiary/aromatic N) is 1. The molecule has 0 saturated heterocycles. The van der Waals surface area contributed by atoms with Gasteiger partial charge in [0.25, 0.3) is 5.56 Å². The molecule has 0 aliphatic heterocycles. The van der Waals surface area contributed by atoms with Crippen LogP contribution in [0.2, 0.25) is 0 Å². The summed E-state index contributed by atoms with van der Waals surface area (Å²) in [4.78, 5) is 22.3. The molecule has 0 saturated carbocycles. The Morgan fingerprint density at radius 3 is 2.31 bits per heavy atom. The SMILES string of the molecule is Cc1[nH]n(C(N)=O)c(=O)c1C(C)C. The summed E-state index contributed by atoms with van der Waals surface area (Å²) in [6.07, 6.45) is 0. The predicted octanol–water partition coefficient (Wildman–Crippen LogP) is 0.535. The molecule has 1 amide bonds. The fourth-order valence-corrected chi connectivity index (χ4v) is 1.39. The third-order valence-corrected chi connectivity index (χ3v) is 1.91. The Hall–Kier alpha value is -1.52. The molecule has 0 aliphatic carbocycles. The van der Waals surface area contributed by atoms with Gasteiger partial charge in [0.1, 0.15) is 0 Å². The maximum atomic E-state index is 11.5. The highest BCUT2D eigenvalue weighted by Crippen LogP contribution is 2.12. The zero-order valence-electron chi connectivity index (χ0n) is 7.92. The van der Waals surface area contributed by atoms with Gasteiger partial charge in [-0.1, -0.05) is 13.8 Å². The molecule has 0 aromatic carbocycles. The van der Waals surface area contributed by atoms with Crippen molar-refractivity contribution in [1.82, 2.24) is 9.78 Å². The average Bonchev–Trinajstić information content (AvgIpc) is 2.26. The molecule has 1 aromatic rings. The van der Waals surface area contributed by atoms with E-state index in [2.05, 4.69) is 5.10 Å². The normalized spacial score (nSPS) is 10.8. The number of aromatic amines is 1. The van der Waals surface area contributed by atoms with Crippen LogP contribution in [-0.4, -0.2) is 15.8 Å². The van der Waals surface area contributed by atoms with E-state index in [4.69, 9.17) is 5.73 Å². The van der Waals surface area contributed by atoms with Crippen LogP contribution >= 0.6 is 0 Å². The highest BCUT2D eigenvalue weighted by Gasteiger charge is 2.15. The van der Waals surface area contributed by atoms with E-state index in [-0.39, 0.29) is 11.5 Å². The van der Waals surface area contributed by atoms with Gasteiger partial charge >= 0.3 is 6.03 Å². The van der Waals surface area contributed by atoms with Gasteiger partial charge in [-0.3, -0.25) is 9.89 Å². The van der Waals surface area contributed by atoms with E-state index in [1.54, 1.807) is 6.92 Å². The molecule has 0 radical (unpaired) electrons. The number of nitrogens with two attached hydrogens (primary N) is 1. The molecule has 0 bridgehead atoms. The van der Waals surface area contributed by atoms with Crippen LogP contribution in [0.4, 0.5) is 4.79 Å². The first kappa shape index (κ1) is 9.57. The standard InChI is InChI=1S/C8H13N3O2/c1-4(2)6-5(3)10-11(7(6)12)8(9)13/h4,10H,1-3H3,(H2,9,13). The van der Waals surface area contributed by atoms with Gasteiger partial charge in [-0.05, 0) is 12.8 Å². The molecule has 72 valence electrons. The van der Waals surface area contributed by atoms with Crippen molar-refractivity contribution < 1.29 is 4.79 Å². The molecule has 0 unspecified atom stereocenters. The largest absolute Gasteiger partial charge is 0.350 e. The number of amides is 1. The van der Waals surface area contributed by atoms with E-state index in [0.29, 0.717) is 11.3 Å². The Balaban J connectivity index is 3.40. The lowest BCUT2D eigenvalue weighted by molar-refractivity contribution is 0.247. The molecule has 0 spiro atoms. The quantitative estimate of drug-likeness (QED) is 0.666. The van der Waals surface area contributed by atoms with Crippen LogP contribution in [0, 0.1) is 6.92 Å². The Kier molecular flexibility index (Phi) is 2.27. The molecule has 1 rings (SSSR count). The van der Waals surface area contributed by atoms with Gasteiger partial charge in [0.15, 0.2) is 0 Å². The molecule has 5 nitrogen and oxygen atoms in total. The third-order valence-electron chi connectivity index (χ3n) is 1.91. The van der Waals surface area contributed by atoms with Gasteiger partial charge in [0.2, 0.25) is 0 Å². The lowest BCUT2D eigenvalue weighted by Crippen LogP contribution is -2.31. The summed E-state index contributed by atoms with van der Waals surface area (Å²) in [7, 11) is 0. The van der Waals surface area contributed by atoms with Crippen molar-refractivity contribution >= 4 is 6.03 Å². The Morgan fingerprint density at radius 2 is 2.08 bits per heavy atom. The van der Waals surface area contributed by atoms with E-state index in [1.807, 2.05) is 13.8 Å². The number of hydrogen-bond donors (Lipinski definition) is 2. The van der Waals surface area contributed by atoms with Gasteiger partial charge in [-0.15, -0.1) is 0 Å². The minimum atomic E-state index is -0.778. The molecule has 0 atom stereocenters. The Labute approximate surface area is 75.5 Å². The lowest BCUT2D eigenvalue weighted by atomic mass is 10.1. The Bertz CT molecular complexity index is 387. The van der Waals surface area contributed by atoms with Crippen LogP contribution in [0.1, 0.15) is 31.0 Å². The predicted molar refractivity (Wildman–Crippen MR) is 48.9 cm³/mol. The van der Waals surface area contributed by atoms with E-state index in [0.717, 1.165) is 4.68 Å². The summed E-state index contributed by atoms with van der Waals surface area (Å²) < 4.78 is 0.824.